The van der Waals surface area contributed by atoms with E-state index >= 15 is 0 Å². The van der Waals surface area contributed by atoms with Crippen molar-refractivity contribution < 1.29 is 9.59 Å². The first-order valence-electron chi connectivity index (χ1n) is 9.78. The van der Waals surface area contributed by atoms with Crippen LogP contribution in [0.5, 0.6) is 0 Å². The average molecular weight is 370 g/mol. The Morgan fingerprint density at radius 2 is 1.78 bits per heavy atom. The molecule has 0 saturated carbocycles. The molecule has 0 unspecified atom stereocenters. The number of amides is 1. The fraction of sp³-hybridized carbons (Fsp3) is 0.500. The van der Waals surface area contributed by atoms with Gasteiger partial charge in [-0.15, -0.1) is 0 Å². The summed E-state index contributed by atoms with van der Waals surface area (Å²) in [6.45, 7) is 10.1. The number of rotatable bonds is 8. The molecule has 1 heterocycles. The number of hydrogen-bond donors (Lipinski definition) is 1. The number of aryl methyl sites for hydroxylation is 3. The highest BCUT2D eigenvalue weighted by atomic mass is 16.2. The van der Waals surface area contributed by atoms with Gasteiger partial charge in [0.05, 0.1) is 5.69 Å². The van der Waals surface area contributed by atoms with Crippen LogP contribution in [0.25, 0.3) is 0 Å². The van der Waals surface area contributed by atoms with Gasteiger partial charge in [0.1, 0.15) is 0 Å². The Labute approximate surface area is 162 Å². The largest absolute Gasteiger partial charge is 0.326 e. The Bertz CT molecular complexity index is 821. The predicted octanol–water partition coefficient (Wildman–Crippen LogP) is 4.91. The smallest absolute Gasteiger partial charge is 0.247 e. The number of aromatic nitrogens is 2. The normalized spacial score (nSPS) is 10.9. The molecule has 0 bridgehead atoms. The molecule has 0 atom stereocenters. The Hall–Kier alpha value is -2.43. The molecule has 0 radical (unpaired) electrons. The van der Waals surface area contributed by atoms with Crippen LogP contribution in [0.3, 0.4) is 0 Å². The molecule has 2 aromatic rings. The van der Waals surface area contributed by atoms with Gasteiger partial charge in [0, 0.05) is 24.2 Å². The van der Waals surface area contributed by atoms with Crippen molar-refractivity contribution >= 4 is 17.5 Å². The van der Waals surface area contributed by atoms with Crippen molar-refractivity contribution in [3.63, 3.8) is 0 Å². The molecule has 1 aromatic heterocycles. The second-order valence-corrected chi connectivity index (χ2v) is 7.26. The first kappa shape index (κ1) is 20.9. The molecule has 0 saturated heterocycles. The maximum absolute atomic E-state index is 12.5. The van der Waals surface area contributed by atoms with E-state index in [2.05, 4.69) is 17.3 Å². The first-order valence-corrected chi connectivity index (χ1v) is 9.78. The third kappa shape index (κ3) is 5.52. The summed E-state index contributed by atoms with van der Waals surface area (Å²) in [5.74, 6) is -0.288. The fourth-order valence-corrected chi connectivity index (χ4v) is 3.20. The summed E-state index contributed by atoms with van der Waals surface area (Å²) in [5.41, 5.74) is 6.06. The summed E-state index contributed by atoms with van der Waals surface area (Å²) in [6.07, 6.45) is 4.70. The number of nitrogens with one attached hydrogen (secondary N) is 1. The summed E-state index contributed by atoms with van der Waals surface area (Å²) < 4.78 is 1.47. The van der Waals surface area contributed by atoms with Crippen LogP contribution in [0.15, 0.2) is 18.2 Å². The van der Waals surface area contributed by atoms with Gasteiger partial charge in [-0.1, -0.05) is 25.8 Å². The predicted molar refractivity (Wildman–Crippen MR) is 109 cm³/mol. The molecule has 1 amide bonds. The minimum absolute atomic E-state index is 0.132. The molecule has 0 aliphatic carbocycles. The highest BCUT2D eigenvalue weighted by Crippen LogP contribution is 2.18. The Kier molecular flexibility index (Phi) is 7.34. The zero-order chi connectivity index (χ0) is 20.0. The van der Waals surface area contributed by atoms with E-state index in [9.17, 15) is 9.59 Å². The number of hydrogen-bond acceptors (Lipinski definition) is 3. The second kappa shape index (κ2) is 9.49. The summed E-state index contributed by atoms with van der Waals surface area (Å²) in [4.78, 5) is 24.7. The van der Waals surface area contributed by atoms with Crippen LogP contribution in [0.1, 0.15) is 71.9 Å². The molecule has 0 fully saturated rings. The van der Waals surface area contributed by atoms with Crippen LogP contribution in [0.2, 0.25) is 0 Å². The summed E-state index contributed by atoms with van der Waals surface area (Å²) >= 11 is 0. The summed E-state index contributed by atoms with van der Waals surface area (Å²) in [7, 11) is 0. The number of benzene rings is 1. The topological polar surface area (TPSA) is 64.0 Å². The molecule has 146 valence electrons. The maximum Gasteiger partial charge on any atom is 0.247 e. The molecule has 27 heavy (non-hydrogen) atoms. The molecule has 1 aromatic carbocycles. The van der Waals surface area contributed by atoms with E-state index in [4.69, 9.17) is 0 Å². The van der Waals surface area contributed by atoms with Crippen molar-refractivity contribution in [2.45, 2.75) is 73.1 Å². The van der Waals surface area contributed by atoms with Gasteiger partial charge in [-0.2, -0.15) is 5.10 Å². The molecule has 0 aliphatic rings. The van der Waals surface area contributed by atoms with E-state index < -0.39 is 0 Å². The van der Waals surface area contributed by atoms with Gasteiger partial charge >= 0.3 is 0 Å². The minimum Gasteiger partial charge on any atom is -0.326 e. The lowest BCUT2D eigenvalue weighted by atomic mass is 10.1. The van der Waals surface area contributed by atoms with Crippen molar-refractivity contribution in [3.05, 3.63) is 46.3 Å². The number of carbonyl (C=O) groups excluding carboxylic acids is 2. The van der Waals surface area contributed by atoms with Crippen molar-refractivity contribution in [2.75, 3.05) is 5.32 Å². The van der Waals surface area contributed by atoms with E-state index in [0.717, 1.165) is 41.0 Å². The number of anilines is 1. The summed E-state index contributed by atoms with van der Waals surface area (Å²) in [6, 6.07) is 5.80. The van der Waals surface area contributed by atoms with Gasteiger partial charge in [-0.3, -0.25) is 9.59 Å². The lowest BCUT2D eigenvalue weighted by molar-refractivity contribution is -0.116. The molecule has 5 nitrogen and oxygen atoms in total. The zero-order valence-corrected chi connectivity index (χ0v) is 17.2. The van der Waals surface area contributed by atoms with E-state index in [1.54, 1.807) is 0 Å². The fourth-order valence-electron chi connectivity index (χ4n) is 3.20. The summed E-state index contributed by atoms with van der Waals surface area (Å²) in [5, 5.41) is 7.27. The molecule has 5 heteroatoms. The van der Waals surface area contributed by atoms with Gasteiger partial charge in [-0.25, -0.2) is 4.68 Å². The van der Waals surface area contributed by atoms with E-state index in [0.29, 0.717) is 0 Å². The van der Waals surface area contributed by atoms with Crippen molar-refractivity contribution in [2.24, 2.45) is 0 Å². The van der Waals surface area contributed by atoms with Crippen molar-refractivity contribution in [1.82, 2.24) is 9.78 Å². The van der Waals surface area contributed by atoms with Gasteiger partial charge < -0.3 is 5.32 Å². The molecule has 2 rings (SSSR count). The van der Waals surface area contributed by atoms with Crippen LogP contribution >= 0.6 is 0 Å². The quantitative estimate of drug-likeness (QED) is 0.673. The van der Waals surface area contributed by atoms with Crippen LogP contribution in [0.4, 0.5) is 5.69 Å². The van der Waals surface area contributed by atoms with Gasteiger partial charge in [0.15, 0.2) is 0 Å². The second-order valence-electron chi connectivity index (χ2n) is 7.26. The van der Waals surface area contributed by atoms with Crippen LogP contribution in [-0.2, 0) is 11.2 Å². The first-order chi connectivity index (χ1) is 12.8. The average Bonchev–Trinajstić information content (AvgIpc) is 2.91. The van der Waals surface area contributed by atoms with Gasteiger partial charge in [-0.05, 0) is 69.4 Å². The van der Waals surface area contributed by atoms with Gasteiger partial charge in [0.25, 0.3) is 0 Å². The lowest BCUT2D eigenvalue weighted by Gasteiger charge is -2.08. The third-order valence-electron chi connectivity index (χ3n) is 5.06. The maximum atomic E-state index is 12.5. The standard InChI is InChI=1S/C22H31N3O2/c1-6-7-8-9-20-17(4)24-25(18(20)5)22(27)13-12-21(26)23-19-11-10-15(2)16(3)14-19/h10-11,14H,6-9,12-13H2,1-5H3,(H,23,26). The Morgan fingerprint density at radius 3 is 2.44 bits per heavy atom. The molecular formula is C22H31N3O2. The highest BCUT2D eigenvalue weighted by molar-refractivity contribution is 5.93. The molecular weight excluding hydrogens is 338 g/mol. The number of unbranched alkanes of at least 4 members (excludes halogenated alkanes) is 2. The van der Waals surface area contributed by atoms with Gasteiger partial charge in [0.2, 0.25) is 11.8 Å². The molecule has 0 spiro atoms. The molecule has 1 N–H and O–H groups in total. The van der Waals surface area contributed by atoms with E-state index in [-0.39, 0.29) is 24.7 Å². The van der Waals surface area contributed by atoms with E-state index in [1.165, 1.54) is 23.1 Å². The Balaban J connectivity index is 1.94. The van der Waals surface area contributed by atoms with Crippen LogP contribution < -0.4 is 5.32 Å². The van der Waals surface area contributed by atoms with Crippen LogP contribution in [-0.4, -0.2) is 21.6 Å². The third-order valence-corrected chi connectivity index (χ3v) is 5.06. The van der Waals surface area contributed by atoms with Crippen LogP contribution in [0, 0.1) is 27.7 Å². The monoisotopic (exact) mass is 369 g/mol. The number of carbonyl (C=O) groups is 2. The molecule has 0 aliphatic heterocycles. The highest BCUT2D eigenvalue weighted by Gasteiger charge is 2.17. The van der Waals surface area contributed by atoms with E-state index in [1.807, 2.05) is 45.9 Å². The minimum atomic E-state index is -0.156. The van der Waals surface area contributed by atoms with Crippen molar-refractivity contribution in [3.8, 4) is 0 Å². The SMILES string of the molecule is CCCCCc1c(C)nn(C(=O)CCC(=O)Nc2ccc(C)c(C)c2)c1C. The lowest BCUT2D eigenvalue weighted by Crippen LogP contribution is -2.18. The van der Waals surface area contributed by atoms with Crippen molar-refractivity contribution in [1.29, 1.82) is 0 Å². The number of nitrogens with zero attached hydrogens (tertiary/aromatic N) is 2. The zero-order valence-electron chi connectivity index (χ0n) is 17.2. The Morgan fingerprint density at radius 1 is 1.04 bits per heavy atom.